The Hall–Kier alpha value is -16.8. The van der Waals surface area contributed by atoms with E-state index in [0.29, 0.717) is 105 Å². The van der Waals surface area contributed by atoms with Gasteiger partial charge in [-0.3, -0.25) is 53.7 Å². The van der Waals surface area contributed by atoms with Gasteiger partial charge in [-0.25, -0.2) is 38.6 Å². The third-order valence-electron chi connectivity index (χ3n) is 22.4. The molecule has 124 heavy (non-hydrogen) atoms. The van der Waals surface area contributed by atoms with E-state index < -0.39 is 27.8 Å². The number of aromatic nitrogens is 13. The number of furan rings is 1. The third kappa shape index (κ3) is 12.6. The van der Waals surface area contributed by atoms with Crippen LogP contribution in [0.25, 0.3) is 212 Å². The molecule has 0 radical (unpaired) electrons. The molecular formula is C102H57N13O7S2. The average Bonchev–Trinajstić information content (AvgIpc) is 1.58. The summed E-state index contributed by atoms with van der Waals surface area (Å²) >= 11 is 3.20. The number of hydrogen-bond acceptors (Lipinski definition) is 19. The first-order chi connectivity index (χ1) is 61.0. The maximum Gasteiger partial charge on any atom is 0.284 e. The van der Waals surface area contributed by atoms with Crippen molar-refractivity contribution in [2.75, 3.05) is 0 Å². The molecular weight excluding hydrogens is 1580 g/mol. The first-order valence-corrected chi connectivity index (χ1v) is 41.1. The maximum absolute atomic E-state index is 14.4. The van der Waals surface area contributed by atoms with Crippen molar-refractivity contribution in [1.29, 1.82) is 0 Å². The Morgan fingerprint density at radius 2 is 0.806 bits per heavy atom. The van der Waals surface area contributed by atoms with E-state index in [4.69, 9.17) is 24.4 Å². The van der Waals surface area contributed by atoms with E-state index >= 15 is 0 Å². The highest BCUT2D eigenvalue weighted by atomic mass is 32.1. The average molecular weight is 1640 g/mol. The van der Waals surface area contributed by atoms with Gasteiger partial charge in [0, 0.05) is 140 Å². The lowest BCUT2D eigenvalue weighted by Gasteiger charge is -2.12. The predicted molar refractivity (Wildman–Crippen MR) is 496 cm³/mol. The molecule has 10 aromatic carbocycles. The van der Waals surface area contributed by atoms with Crippen molar-refractivity contribution in [3.05, 3.63) is 409 Å². The largest absolute Gasteiger partial charge is 0.456 e. The molecule has 0 aliphatic rings. The number of fused-ring (bicyclic) bond motifs is 19. The predicted octanol–water partition coefficient (Wildman–Crippen LogP) is 20.6. The van der Waals surface area contributed by atoms with Crippen molar-refractivity contribution in [3.8, 4) is 73.9 Å². The summed E-state index contributed by atoms with van der Waals surface area (Å²) in [6, 6.07) is 93.3. The van der Waals surface area contributed by atoms with Gasteiger partial charge < -0.3 is 4.42 Å². The van der Waals surface area contributed by atoms with Crippen LogP contribution in [0.1, 0.15) is 0 Å². The lowest BCUT2D eigenvalue weighted by atomic mass is 9.97. The summed E-state index contributed by atoms with van der Waals surface area (Å²) in [5, 5.41) is 12.6. The summed E-state index contributed by atoms with van der Waals surface area (Å²) < 4.78 is 12.9. The van der Waals surface area contributed by atoms with Crippen molar-refractivity contribution < 1.29 is 4.42 Å². The van der Waals surface area contributed by atoms with Crippen LogP contribution < -0.4 is 33.4 Å². The Balaban J connectivity index is 0.000000112. The van der Waals surface area contributed by atoms with Crippen LogP contribution in [0.3, 0.4) is 0 Å². The number of para-hydroxylation sites is 1. The van der Waals surface area contributed by atoms with Gasteiger partial charge >= 0.3 is 0 Å². The summed E-state index contributed by atoms with van der Waals surface area (Å²) in [6.07, 6.45) is 13.1. The highest BCUT2D eigenvalue weighted by molar-refractivity contribution is 7.26. The molecule has 0 unspecified atom stereocenters. The zero-order valence-electron chi connectivity index (χ0n) is 64.9. The highest BCUT2D eigenvalue weighted by Gasteiger charge is 2.24. The normalized spacial score (nSPS) is 11.6. The van der Waals surface area contributed by atoms with E-state index in [0.717, 1.165) is 99.8 Å². The number of rotatable bonds is 8. The van der Waals surface area contributed by atoms with Crippen molar-refractivity contribution in [3.63, 3.8) is 0 Å². The maximum atomic E-state index is 14.4. The first-order valence-electron chi connectivity index (χ1n) is 39.5. The van der Waals surface area contributed by atoms with Crippen LogP contribution in [-0.4, -0.2) is 63.5 Å². The van der Waals surface area contributed by atoms with Gasteiger partial charge in [0.25, 0.3) is 33.4 Å². The first kappa shape index (κ1) is 73.5. The Kier molecular flexibility index (Phi) is 17.9. The van der Waals surface area contributed by atoms with Crippen LogP contribution in [0.2, 0.25) is 0 Å². The van der Waals surface area contributed by atoms with Crippen LogP contribution in [0.15, 0.2) is 380 Å². The second-order valence-corrected chi connectivity index (χ2v) is 31.6. The van der Waals surface area contributed by atoms with Gasteiger partial charge in [0.2, 0.25) is 0 Å². The molecule has 24 rings (SSSR count). The van der Waals surface area contributed by atoms with E-state index in [1.54, 1.807) is 121 Å². The Labute approximate surface area is 706 Å². The molecule has 0 atom stereocenters. The van der Waals surface area contributed by atoms with Crippen LogP contribution in [-0.2, 0) is 0 Å². The van der Waals surface area contributed by atoms with E-state index in [1.165, 1.54) is 9.13 Å². The molecule has 0 amide bonds. The molecule has 0 N–H and O–H groups in total. The minimum Gasteiger partial charge on any atom is -0.456 e. The van der Waals surface area contributed by atoms with Crippen LogP contribution in [0.5, 0.6) is 0 Å². The monoisotopic (exact) mass is 1640 g/mol. The molecule has 0 saturated heterocycles. The SMILES string of the molecule is O=c1c2cc3sc4ccccc4c3cc2c2cccnc2c(=O)n1-c1ccc(-c2ccncc2)c2ccccc12.O=c1c2ccncc2c2cc3c(cc2c(=O)n1-c1cccc(-c2ccccn2)n1)oc1ccccc13.O=c1c2ccncc2c2nc3sc4ccccc4c3cc2c(=O)n1-c1ccc(-c2nc(-c3ccccc3)nc(-c3ccccc3)n2)cc1. The fraction of sp³-hybridized carbons (Fsp3) is 0. The summed E-state index contributed by atoms with van der Waals surface area (Å²) in [6.45, 7) is 0. The number of hydrogen-bond donors (Lipinski definition) is 0. The molecule has 0 aliphatic heterocycles. The Morgan fingerprint density at radius 3 is 1.53 bits per heavy atom. The highest BCUT2D eigenvalue weighted by Crippen LogP contribution is 2.41. The summed E-state index contributed by atoms with van der Waals surface area (Å²) in [5.74, 6) is 1.78. The van der Waals surface area contributed by atoms with Gasteiger partial charge in [-0.2, -0.15) is 0 Å². The van der Waals surface area contributed by atoms with Crippen molar-refractivity contribution >= 4 is 161 Å². The van der Waals surface area contributed by atoms with Gasteiger partial charge in [-0.15, -0.1) is 22.7 Å². The second kappa shape index (κ2) is 30.2. The second-order valence-electron chi connectivity index (χ2n) is 29.5. The van der Waals surface area contributed by atoms with Crippen LogP contribution in [0.4, 0.5) is 0 Å². The third-order valence-corrected chi connectivity index (χ3v) is 24.6. The summed E-state index contributed by atoms with van der Waals surface area (Å²) in [7, 11) is 0. The van der Waals surface area contributed by atoms with Crippen LogP contribution in [0, 0.1) is 0 Å². The van der Waals surface area contributed by atoms with E-state index in [2.05, 4.69) is 42.0 Å². The molecule has 20 nitrogen and oxygen atoms in total. The lowest BCUT2D eigenvalue weighted by Crippen LogP contribution is -2.29. The molecule has 0 aliphatic carbocycles. The molecule has 14 heterocycles. The zero-order valence-corrected chi connectivity index (χ0v) is 66.5. The molecule has 14 aromatic heterocycles. The summed E-state index contributed by atoms with van der Waals surface area (Å²) in [5.41, 5.74) is 5.93. The topological polar surface area (TPSA) is 259 Å². The number of benzene rings is 10. The molecule has 22 heteroatoms. The molecule has 584 valence electrons. The fourth-order valence-corrected chi connectivity index (χ4v) is 18.7. The minimum atomic E-state index is -0.487. The van der Waals surface area contributed by atoms with Gasteiger partial charge in [0.1, 0.15) is 27.3 Å². The standard InChI is InChI=1S/C39H22N6O2S.C34H19N3O2S.C29H16N4O3/c46-38-28-19-20-40-22-31(28)33-30(21-29-27-13-7-8-14-32(27)48-37(29)41-33)39(47)45(38)26-17-15-25(16-18-26)36-43-34(23-9-3-1-4-10-23)42-35(44-36)24-11-5-2-6-12-24;38-33-28-19-31-27(24-8-3-4-10-30(24)40-31)18-26(28)25-9-5-15-36-32(25)34(39)37(33)29-12-11-21(20-13-16-35-17-14-20)22-6-1-2-7-23(22)29;34-28-18-11-13-30-16-22(18)19-14-20-17-6-1-2-9-25(17)36-26(20)15-21(19)29(35)33(28)27-10-5-8-24(32-27)23-7-3-4-12-31-23/h1-22H;1-19H;1-16H. The smallest absolute Gasteiger partial charge is 0.284 e. The lowest BCUT2D eigenvalue weighted by molar-refractivity contribution is 0.669. The van der Waals surface area contributed by atoms with E-state index in [1.807, 2.05) is 237 Å². The van der Waals surface area contributed by atoms with Gasteiger partial charge in [0.15, 0.2) is 17.5 Å². The van der Waals surface area contributed by atoms with E-state index in [9.17, 15) is 28.8 Å². The van der Waals surface area contributed by atoms with Gasteiger partial charge in [-0.1, -0.05) is 164 Å². The zero-order chi connectivity index (χ0) is 83.2. The number of thiophene rings is 2. The molecule has 0 bridgehead atoms. The van der Waals surface area contributed by atoms with E-state index in [-0.39, 0.29) is 16.9 Å². The Morgan fingerprint density at radius 1 is 0.258 bits per heavy atom. The Bertz CT molecular complexity index is 8930. The van der Waals surface area contributed by atoms with Crippen molar-refractivity contribution in [1.82, 2.24) is 63.5 Å². The minimum absolute atomic E-state index is 0.216. The molecule has 24 aromatic rings. The number of pyridine rings is 7. The molecule has 0 fully saturated rings. The van der Waals surface area contributed by atoms with Crippen molar-refractivity contribution in [2.24, 2.45) is 0 Å². The van der Waals surface area contributed by atoms with Crippen LogP contribution >= 0.6 is 22.7 Å². The number of nitrogens with zero attached hydrogens (tertiary/aromatic N) is 13. The summed E-state index contributed by atoms with van der Waals surface area (Å²) in [4.78, 5) is 131. The molecule has 0 saturated carbocycles. The quantitative estimate of drug-likeness (QED) is 0.137. The molecule has 0 spiro atoms. The van der Waals surface area contributed by atoms with Gasteiger partial charge in [0.05, 0.1) is 49.8 Å². The van der Waals surface area contributed by atoms with Crippen molar-refractivity contribution in [2.45, 2.75) is 0 Å². The van der Waals surface area contributed by atoms with Gasteiger partial charge in [-0.05, 0) is 161 Å². The fourth-order valence-electron chi connectivity index (χ4n) is 16.5.